The third-order valence-electron chi connectivity index (χ3n) is 3.88. The minimum Gasteiger partial charge on any atom is -0.493 e. The van der Waals surface area contributed by atoms with E-state index in [1.54, 1.807) is 7.11 Å². The predicted octanol–water partition coefficient (Wildman–Crippen LogP) is 4.65. The van der Waals surface area contributed by atoms with Gasteiger partial charge in [0, 0.05) is 12.8 Å². The van der Waals surface area contributed by atoms with Crippen LogP contribution < -0.4 is 10.1 Å². The number of hydrogen-bond donors (Lipinski definition) is 1. The van der Waals surface area contributed by atoms with Crippen LogP contribution in [0.15, 0.2) is 24.3 Å². The van der Waals surface area contributed by atoms with E-state index in [9.17, 15) is 4.79 Å². The van der Waals surface area contributed by atoms with E-state index in [1.165, 1.54) is 0 Å². The normalized spacial score (nSPS) is 13.7. The molecule has 1 atom stereocenters. The molecule has 130 valence electrons. The van der Waals surface area contributed by atoms with Gasteiger partial charge < -0.3 is 14.8 Å². The molecule has 0 aliphatic carbocycles. The third kappa shape index (κ3) is 6.61. The fourth-order valence-corrected chi connectivity index (χ4v) is 2.18. The van der Waals surface area contributed by atoms with Gasteiger partial charge in [0.05, 0.1) is 6.61 Å². The quantitative estimate of drug-likeness (QED) is 0.638. The lowest BCUT2D eigenvalue weighted by Gasteiger charge is -2.27. The smallest absolute Gasteiger partial charge is 0.256 e. The van der Waals surface area contributed by atoms with E-state index in [2.05, 4.69) is 26.1 Å². The molecule has 0 saturated heterocycles. The Labute approximate surface area is 140 Å². The van der Waals surface area contributed by atoms with Crippen LogP contribution in [0.1, 0.15) is 53.4 Å². The highest BCUT2D eigenvalue weighted by Crippen LogP contribution is 2.22. The number of nitrogens with one attached hydrogen (secondary N) is 1. The first-order chi connectivity index (χ1) is 10.9. The van der Waals surface area contributed by atoms with Crippen LogP contribution >= 0.6 is 0 Å². The Morgan fingerprint density at radius 1 is 1.22 bits per heavy atom. The molecule has 23 heavy (non-hydrogen) atoms. The molecule has 0 radical (unpaired) electrons. The summed E-state index contributed by atoms with van der Waals surface area (Å²) in [6, 6.07) is 7.46. The first kappa shape index (κ1) is 19.5. The van der Waals surface area contributed by atoms with Gasteiger partial charge in [0.2, 0.25) is 0 Å². The molecule has 0 bridgehead atoms. The minimum absolute atomic E-state index is 0.105. The monoisotopic (exact) mass is 321 g/mol. The maximum absolute atomic E-state index is 12.5. The van der Waals surface area contributed by atoms with Gasteiger partial charge in [-0.15, -0.1) is 0 Å². The molecule has 0 heterocycles. The van der Waals surface area contributed by atoms with Gasteiger partial charge in [0.25, 0.3) is 5.91 Å². The lowest BCUT2D eigenvalue weighted by molar-refractivity contribution is -0.136. The highest BCUT2D eigenvalue weighted by atomic mass is 16.5. The van der Waals surface area contributed by atoms with E-state index in [1.807, 2.05) is 31.2 Å². The molecule has 0 spiro atoms. The van der Waals surface area contributed by atoms with E-state index >= 15 is 0 Å². The van der Waals surface area contributed by atoms with Gasteiger partial charge in [0.15, 0.2) is 0 Å². The lowest BCUT2D eigenvalue weighted by atomic mass is 9.97. The summed E-state index contributed by atoms with van der Waals surface area (Å²) in [5.41, 5.74) is -0.0345. The first-order valence-corrected chi connectivity index (χ1v) is 8.50. The summed E-state index contributed by atoms with van der Waals surface area (Å²) in [4.78, 5) is 12.5. The van der Waals surface area contributed by atoms with Crippen LogP contribution in [0.2, 0.25) is 0 Å². The number of rotatable bonds is 10. The van der Waals surface area contributed by atoms with Crippen LogP contribution in [0.3, 0.4) is 0 Å². The molecule has 0 unspecified atom stereocenters. The van der Waals surface area contributed by atoms with Gasteiger partial charge in [-0.3, -0.25) is 4.79 Å². The molecule has 1 amide bonds. The first-order valence-electron chi connectivity index (χ1n) is 8.50. The number of benzene rings is 1. The second-order valence-corrected chi connectivity index (χ2v) is 6.58. The molecule has 1 aromatic rings. The van der Waals surface area contributed by atoms with E-state index in [0.29, 0.717) is 12.5 Å². The second-order valence-electron chi connectivity index (χ2n) is 6.58. The summed E-state index contributed by atoms with van der Waals surface area (Å²) in [5.74, 6) is 1.20. The van der Waals surface area contributed by atoms with Crippen molar-refractivity contribution in [3.05, 3.63) is 24.3 Å². The zero-order chi connectivity index (χ0) is 17.3. The van der Waals surface area contributed by atoms with Crippen molar-refractivity contribution in [2.24, 2.45) is 5.92 Å². The van der Waals surface area contributed by atoms with Crippen molar-refractivity contribution in [3.8, 4) is 5.75 Å². The Morgan fingerprint density at radius 2 is 1.87 bits per heavy atom. The van der Waals surface area contributed by atoms with E-state index in [0.717, 1.165) is 37.1 Å². The topological polar surface area (TPSA) is 47.6 Å². The van der Waals surface area contributed by atoms with Crippen molar-refractivity contribution in [1.29, 1.82) is 0 Å². The fourth-order valence-electron chi connectivity index (χ4n) is 2.18. The Bertz CT molecular complexity index is 470. The Morgan fingerprint density at radius 3 is 2.39 bits per heavy atom. The summed E-state index contributed by atoms with van der Waals surface area (Å²) in [5, 5.41) is 2.93. The maximum atomic E-state index is 12.5. The van der Waals surface area contributed by atoms with Crippen LogP contribution in [-0.2, 0) is 9.53 Å². The van der Waals surface area contributed by atoms with Crippen molar-refractivity contribution in [3.63, 3.8) is 0 Å². The van der Waals surface area contributed by atoms with E-state index in [4.69, 9.17) is 9.47 Å². The highest BCUT2D eigenvalue weighted by molar-refractivity contribution is 5.97. The number of carbonyl (C=O) groups excluding carboxylic acids is 1. The Hall–Kier alpha value is -1.55. The minimum atomic E-state index is -0.790. The fraction of sp³-hybridized carbons (Fsp3) is 0.632. The van der Waals surface area contributed by atoms with E-state index < -0.39 is 5.60 Å². The van der Waals surface area contributed by atoms with Crippen LogP contribution in [0, 0.1) is 5.92 Å². The number of ether oxygens (including phenoxy) is 2. The van der Waals surface area contributed by atoms with Crippen LogP contribution in [0.5, 0.6) is 5.75 Å². The molecule has 4 heteroatoms. The van der Waals surface area contributed by atoms with Crippen molar-refractivity contribution >= 4 is 11.6 Å². The zero-order valence-corrected chi connectivity index (χ0v) is 15.1. The molecule has 0 aromatic heterocycles. The Kier molecular flexibility index (Phi) is 8.10. The number of hydrogen-bond acceptors (Lipinski definition) is 3. The molecule has 1 aromatic carbocycles. The molecular weight excluding hydrogens is 290 g/mol. The molecule has 1 rings (SSSR count). The lowest BCUT2D eigenvalue weighted by Crippen LogP contribution is -2.41. The Balaban J connectivity index is 2.61. The number of carbonyl (C=O) groups is 1. The number of unbranched alkanes of at least 4 members (excludes halogenated alkanes) is 2. The highest BCUT2D eigenvalue weighted by Gasteiger charge is 2.32. The molecular formula is C19H31NO3. The summed E-state index contributed by atoms with van der Waals surface area (Å²) in [6.07, 6.45) is 3.93. The molecule has 0 fully saturated rings. The van der Waals surface area contributed by atoms with Crippen molar-refractivity contribution in [2.45, 2.75) is 59.0 Å². The summed E-state index contributed by atoms with van der Waals surface area (Å²) in [6.45, 7) is 8.90. The van der Waals surface area contributed by atoms with Gasteiger partial charge in [-0.2, -0.15) is 0 Å². The van der Waals surface area contributed by atoms with Crippen molar-refractivity contribution in [1.82, 2.24) is 0 Å². The molecule has 0 aliphatic rings. The maximum Gasteiger partial charge on any atom is 0.256 e. The number of amides is 1. The number of methoxy groups -OCH3 is 1. The van der Waals surface area contributed by atoms with Crippen molar-refractivity contribution < 1.29 is 14.3 Å². The molecule has 0 aliphatic heterocycles. The summed E-state index contributed by atoms with van der Waals surface area (Å²) < 4.78 is 11.1. The SMILES string of the molecule is CCCCC[C@@](C)(OC)C(=O)Nc1ccc(OCC(C)C)cc1. The molecule has 4 nitrogen and oxygen atoms in total. The standard InChI is InChI=1S/C19H31NO3/c1-6-7-8-13-19(4,22-5)18(21)20-16-9-11-17(12-10-16)23-14-15(2)3/h9-12,15H,6-8,13-14H2,1-5H3,(H,20,21)/t19-/m1/s1. The average molecular weight is 321 g/mol. The van der Waals surface area contributed by atoms with Gasteiger partial charge in [-0.05, 0) is 43.5 Å². The molecule has 1 N–H and O–H groups in total. The predicted molar refractivity (Wildman–Crippen MR) is 95.0 cm³/mol. The zero-order valence-electron chi connectivity index (χ0n) is 15.1. The second kappa shape index (κ2) is 9.56. The van der Waals surface area contributed by atoms with Gasteiger partial charge in [-0.25, -0.2) is 0 Å². The molecule has 0 saturated carbocycles. The summed E-state index contributed by atoms with van der Waals surface area (Å²) >= 11 is 0. The average Bonchev–Trinajstić information content (AvgIpc) is 2.54. The van der Waals surface area contributed by atoms with Gasteiger partial charge in [-0.1, -0.05) is 40.0 Å². The van der Waals surface area contributed by atoms with E-state index in [-0.39, 0.29) is 5.91 Å². The third-order valence-corrected chi connectivity index (χ3v) is 3.88. The van der Waals surface area contributed by atoms with Gasteiger partial charge in [0.1, 0.15) is 11.4 Å². The summed E-state index contributed by atoms with van der Waals surface area (Å²) in [7, 11) is 1.59. The van der Waals surface area contributed by atoms with Gasteiger partial charge >= 0.3 is 0 Å². The van der Waals surface area contributed by atoms with Crippen molar-refractivity contribution in [2.75, 3.05) is 19.0 Å². The van der Waals surface area contributed by atoms with Crippen LogP contribution in [-0.4, -0.2) is 25.2 Å². The number of anilines is 1. The largest absolute Gasteiger partial charge is 0.493 e. The van der Waals surface area contributed by atoms with Crippen LogP contribution in [0.4, 0.5) is 5.69 Å². The van der Waals surface area contributed by atoms with Crippen LogP contribution in [0.25, 0.3) is 0 Å².